The molecule has 1 amide bonds. The number of carbonyl (C=O) groups excluding carboxylic acids is 1. The van der Waals surface area contributed by atoms with Crippen molar-refractivity contribution in [2.75, 3.05) is 13.2 Å². The predicted molar refractivity (Wildman–Crippen MR) is 92.3 cm³/mol. The number of amides is 1. The molecule has 1 aliphatic carbocycles. The van der Waals surface area contributed by atoms with Gasteiger partial charge in [0.05, 0.1) is 0 Å². The zero-order valence-corrected chi connectivity index (χ0v) is 14.2. The molecular weight excluding hydrogens is 306 g/mol. The lowest BCUT2D eigenvalue weighted by Gasteiger charge is -2.16. The summed E-state index contributed by atoms with van der Waals surface area (Å²) in [7, 11) is 0. The summed E-state index contributed by atoms with van der Waals surface area (Å²) in [6, 6.07) is 6.11. The van der Waals surface area contributed by atoms with Crippen molar-refractivity contribution in [3.05, 3.63) is 29.3 Å². The van der Waals surface area contributed by atoms with E-state index in [1.165, 1.54) is 24.0 Å². The van der Waals surface area contributed by atoms with Gasteiger partial charge in [-0.2, -0.15) is 0 Å². The number of unbranched alkanes of at least 4 members (excludes halogenated alkanes) is 3. The van der Waals surface area contributed by atoms with Gasteiger partial charge in [0.1, 0.15) is 5.75 Å². The van der Waals surface area contributed by atoms with Crippen LogP contribution in [0.5, 0.6) is 5.75 Å². The van der Waals surface area contributed by atoms with Crippen LogP contribution in [-0.2, 0) is 22.4 Å². The Morgan fingerprint density at radius 1 is 1.04 bits per heavy atom. The van der Waals surface area contributed by atoms with Crippen LogP contribution in [0.3, 0.4) is 0 Å². The number of nitrogens with one attached hydrogen (secondary N) is 1. The first-order valence-corrected chi connectivity index (χ1v) is 8.88. The zero-order chi connectivity index (χ0) is 17.2. The van der Waals surface area contributed by atoms with Crippen molar-refractivity contribution in [1.29, 1.82) is 0 Å². The molecule has 1 aliphatic rings. The largest absolute Gasteiger partial charge is 0.484 e. The van der Waals surface area contributed by atoms with Crippen LogP contribution in [0.25, 0.3) is 0 Å². The van der Waals surface area contributed by atoms with Crippen LogP contribution >= 0.6 is 0 Å². The summed E-state index contributed by atoms with van der Waals surface area (Å²) in [5.74, 6) is -0.0969. The van der Waals surface area contributed by atoms with Gasteiger partial charge < -0.3 is 15.2 Å². The highest BCUT2D eigenvalue weighted by Gasteiger charge is 2.10. The molecule has 0 heterocycles. The number of carboxylic acid groups (broad SMARTS) is 1. The van der Waals surface area contributed by atoms with Crippen molar-refractivity contribution >= 4 is 11.9 Å². The summed E-state index contributed by atoms with van der Waals surface area (Å²) >= 11 is 0. The number of rotatable bonds is 10. The summed E-state index contributed by atoms with van der Waals surface area (Å²) in [6.45, 7) is 0.650. The Bertz CT molecular complexity index is 556. The highest BCUT2D eigenvalue weighted by Crippen LogP contribution is 2.25. The standard InChI is InChI=1S/C19H27NO4/c21-18(20-12-6-2-1-3-9-19(22)23)14-24-17-11-10-15-7-4-5-8-16(15)13-17/h10-11,13H,1-9,12,14H2,(H,20,21)(H,22,23). The van der Waals surface area contributed by atoms with E-state index < -0.39 is 5.97 Å². The summed E-state index contributed by atoms with van der Waals surface area (Å²) in [5.41, 5.74) is 2.75. The average molecular weight is 333 g/mol. The lowest BCUT2D eigenvalue weighted by Crippen LogP contribution is -2.29. The van der Waals surface area contributed by atoms with Gasteiger partial charge in [-0.25, -0.2) is 0 Å². The summed E-state index contributed by atoms with van der Waals surface area (Å²) < 4.78 is 5.58. The molecule has 24 heavy (non-hydrogen) atoms. The number of fused-ring (bicyclic) bond motifs is 1. The highest BCUT2D eigenvalue weighted by molar-refractivity contribution is 5.77. The molecule has 0 radical (unpaired) electrons. The number of benzene rings is 1. The van der Waals surface area contributed by atoms with E-state index >= 15 is 0 Å². The molecule has 0 fully saturated rings. The van der Waals surface area contributed by atoms with Crippen molar-refractivity contribution in [1.82, 2.24) is 5.32 Å². The van der Waals surface area contributed by atoms with Crippen LogP contribution in [0.4, 0.5) is 0 Å². The van der Waals surface area contributed by atoms with Crippen molar-refractivity contribution in [2.45, 2.75) is 57.8 Å². The summed E-state index contributed by atoms with van der Waals surface area (Å²) in [4.78, 5) is 22.1. The number of carboxylic acids is 1. The Balaban J connectivity index is 1.57. The van der Waals surface area contributed by atoms with Crippen LogP contribution < -0.4 is 10.1 Å². The first-order valence-electron chi connectivity index (χ1n) is 8.88. The lowest BCUT2D eigenvalue weighted by molar-refractivity contribution is -0.137. The number of aliphatic carboxylic acids is 1. The van der Waals surface area contributed by atoms with Crippen molar-refractivity contribution < 1.29 is 19.4 Å². The Morgan fingerprint density at radius 3 is 2.58 bits per heavy atom. The molecule has 0 atom stereocenters. The molecule has 1 aromatic rings. The fraction of sp³-hybridized carbons (Fsp3) is 0.579. The van der Waals surface area contributed by atoms with Crippen LogP contribution in [0.2, 0.25) is 0 Å². The second kappa shape index (κ2) is 9.96. The van der Waals surface area contributed by atoms with Gasteiger partial charge >= 0.3 is 5.97 Å². The Labute approximate surface area is 143 Å². The van der Waals surface area contributed by atoms with Gasteiger partial charge in [-0.15, -0.1) is 0 Å². The number of aryl methyl sites for hydroxylation is 2. The fourth-order valence-corrected chi connectivity index (χ4v) is 2.98. The fourth-order valence-electron chi connectivity index (χ4n) is 2.98. The number of hydrogen-bond acceptors (Lipinski definition) is 3. The van der Waals surface area contributed by atoms with E-state index in [1.807, 2.05) is 6.07 Å². The quantitative estimate of drug-likeness (QED) is 0.645. The SMILES string of the molecule is O=C(O)CCCCCCNC(=O)COc1ccc2c(c1)CCCC2. The minimum absolute atomic E-state index is 0.0395. The molecule has 0 bridgehead atoms. The Morgan fingerprint density at radius 2 is 1.79 bits per heavy atom. The minimum Gasteiger partial charge on any atom is -0.484 e. The molecule has 0 unspecified atom stereocenters. The van der Waals surface area contributed by atoms with Crippen LogP contribution in [0.15, 0.2) is 18.2 Å². The van der Waals surface area contributed by atoms with Crippen LogP contribution in [-0.4, -0.2) is 30.1 Å². The third-order valence-corrected chi connectivity index (χ3v) is 4.33. The zero-order valence-electron chi connectivity index (χ0n) is 14.2. The van der Waals surface area contributed by atoms with Gasteiger partial charge in [0.25, 0.3) is 5.91 Å². The van der Waals surface area contributed by atoms with Gasteiger partial charge in [0.2, 0.25) is 0 Å². The van der Waals surface area contributed by atoms with Crippen molar-refractivity contribution in [2.24, 2.45) is 0 Å². The van der Waals surface area contributed by atoms with E-state index in [-0.39, 0.29) is 18.9 Å². The molecule has 132 valence electrons. The maximum Gasteiger partial charge on any atom is 0.303 e. The summed E-state index contributed by atoms with van der Waals surface area (Å²) in [5, 5.41) is 11.4. The minimum atomic E-state index is -0.748. The average Bonchev–Trinajstić information content (AvgIpc) is 2.58. The van der Waals surface area contributed by atoms with E-state index in [2.05, 4.69) is 17.4 Å². The molecule has 0 aliphatic heterocycles. The molecule has 0 aromatic heterocycles. The molecule has 0 saturated carbocycles. The van der Waals surface area contributed by atoms with E-state index in [0.717, 1.165) is 37.9 Å². The van der Waals surface area contributed by atoms with Crippen LogP contribution in [0.1, 0.15) is 56.1 Å². The molecule has 5 nitrogen and oxygen atoms in total. The second-order valence-electron chi connectivity index (χ2n) is 6.33. The molecule has 2 rings (SSSR count). The van der Waals surface area contributed by atoms with Crippen LogP contribution in [0, 0.1) is 0 Å². The molecule has 1 aromatic carbocycles. The monoisotopic (exact) mass is 333 g/mol. The van der Waals surface area contributed by atoms with E-state index in [4.69, 9.17) is 9.84 Å². The highest BCUT2D eigenvalue weighted by atomic mass is 16.5. The molecule has 5 heteroatoms. The smallest absolute Gasteiger partial charge is 0.303 e. The van der Waals surface area contributed by atoms with Crippen molar-refractivity contribution in [3.8, 4) is 5.75 Å². The molecule has 0 saturated heterocycles. The predicted octanol–water partition coefficient (Wildman–Crippen LogP) is 3.10. The van der Waals surface area contributed by atoms with Gasteiger partial charge in [0, 0.05) is 13.0 Å². The molecule has 2 N–H and O–H groups in total. The third kappa shape index (κ3) is 6.60. The Hall–Kier alpha value is -2.04. The molecule has 0 spiro atoms. The lowest BCUT2D eigenvalue weighted by atomic mass is 9.92. The first kappa shape index (κ1) is 18.3. The van der Waals surface area contributed by atoms with Gasteiger partial charge in [-0.1, -0.05) is 18.9 Å². The third-order valence-electron chi connectivity index (χ3n) is 4.33. The van der Waals surface area contributed by atoms with E-state index in [9.17, 15) is 9.59 Å². The second-order valence-corrected chi connectivity index (χ2v) is 6.33. The number of hydrogen-bond donors (Lipinski definition) is 2. The molecular formula is C19H27NO4. The maximum atomic E-state index is 11.8. The normalized spacial score (nSPS) is 13.2. The number of carbonyl (C=O) groups is 2. The van der Waals surface area contributed by atoms with Gasteiger partial charge in [-0.05, 0) is 61.8 Å². The number of ether oxygens (including phenoxy) is 1. The van der Waals surface area contributed by atoms with Gasteiger partial charge in [-0.3, -0.25) is 9.59 Å². The summed E-state index contributed by atoms with van der Waals surface area (Å²) in [6.07, 6.45) is 8.32. The topological polar surface area (TPSA) is 75.6 Å². The van der Waals surface area contributed by atoms with Crippen molar-refractivity contribution in [3.63, 3.8) is 0 Å². The van der Waals surface area contributed by atoms with E-state index in [0.29, 0.717) is 13.0 Å². The maximum absolute atomic E-state index is 11.8. The van der Waals surface area contributed by atoms with Gasteiger partial charge in [0.15, 0.2) is 6.61 Å². The first-order chi connectivity index (χ1) is 11.6. The van der Waals surface area contributed by atoms with E-state index in [1.54, 1.807) is 0 Å². The Kier molecular flexibility index (Phi) is 7.59.